The zero-order valence-corrected chi connectivity index (χ0v) is 11.0. The minimum Gasteiger partial charge on any atom is -0.508 e. The predicted molar refractivity (Wildman–Crippen MR) is 72.4 cm³/mol. The van der Waals surface area contributed by atoms with E-state index in [1.807, 2.05) is 19.1 Å². The third-order valence-electron chi connectivity index (χ3n) is 4.08. The van der Waals surface area contributed by atoms with E-state index in [9.17, 15) is 5.11 Å². The molecule has 2 rings (SSSR count). The Balaban J connectivity index is 2.13. The molecule has 1 aliphatic carbocycles. The maximum Gasteiger partial charge on any atom is 0.115 e. The van der Waals surface area contributed by atoms with Crippen LogP contribution in [-0.2, 0) is 0 Å². The van der Waals surface area contributed by atoms with Crippen LogP contribution in [0.25, 0.3) is 0 Å². The first kappa shape index (κ1) is 12.3. The molecule has 2 heteroatoms. The molecule has 0 radical (unpaired) electrons. The Bertz CT molecular complexity index is 379. The summed E-state index contributed by atoms with van der Waals surface area (Å²) in [4.78, 5) is 0. The second-order valence-electron chi connectivity index (χ2n) is 5.55. The fraction of sp³-hybridized carbons (Fsp3) is 0.600. The van der Waals surface area contributed by atoms with Crippen LogP contribution < -0.4 is 5.32 Å². The molecule has 1 aromatic carbocycles. The van der Waals surface area contributed by atoms with Gasteiger partial charge >= 0.3 is 0 Å². The summed E-state index contributed by atoms with van der Waals surface area (Å²) < 4.78 is 0. The lowest BCUT2D eigenvalue weighted by molar-refractivity contribution is 0.268. The van der Waals surface area contributed by atoms with Gasteiger partial charge in [0.1, 0.15) is 5.75 Å². The van der Waals surface area contributed by atoms with Crippen LogP contribution in [0.2, 0.25) is 0 Å². The molecule has 1 aliphatic rings. The molecule has 2 N–H and O–H groups in total. The Kier molecular flexibility index (Phi) is 3.60. The molecule has 94 valence electrons. The van der Waals surface area contributed by atoms with Crippen molar-refractivity contribution in [2.75, 3.05) is 5.32 Å². The molecule has 1 fully saturated rings. The van der Waals surface area contributed by atoms with Crippen molar-refractivity contribution < 1.29 is 5.11 Å². The van der Waals surface area contributed by atoms with E-state index in [1.54, 1.807) is 6.07 Å². The van der Waals surface area contributed by atoms with Crippen LogP contribution >= 0.6 is 0 Å². The van der Waals surface area contributed by atoms with Crippen molar-refractivity contribution in [3.63, 3.8) is 0 Å². The summed E-state index contributed by atoms with van der Waals surface area (Å²) >= 11 is 0. The van der Waals surface area contributed by atoms with Crippen LogP contribution in [0.1, 0.15) is 38.7 Å². The Hall–Kier alpha value is -1.18. The van der Waals surface area contributed by atoms with Crippen molar-refractivity contribution >= 4 is 5.69 Å². The van der Waals surface area contributed by atoms with Gasteiger partial charge in [-0.1, -0.05) is 20.3 Å². The summed E-state index contributed by atoms with van der Waals surface area (Å²) in [5.74, 6) is 1.80. The van der Waals surface area contributed by atoms with E-state index in [1.165, 1.54) is 19.3 Å². The highest BCUT2D eigenvalue weighted by molar-refractivity contribution is 5.54. The maximum atomic E-state index is 9.42. The van der Waals surface area contributed by atoms with E-state index in [-0.39, 0.29) is 0 Å². The molecule has 2 atom stereocenters. The van der Waals surface area contributed by atoms with E-state index < -0.39 is 0 Å². The van der Waals surface area contributed by atoms with Crippen LogP contribution in [0.3, 0.4) is 0 Å². The molecular weight excluding hydrogens is 210 g/mol. The Morgan fingerprint density at radius 3 is 2.41 bits per heavy atom. The van der Waals surface area contributed by atoms with Crippen molar-refractivity contribution in [3.05, 3.63) is 23.8 Å². The first-order valence-electron chi connectivity index (χ1n) is 6.64. The zero-order chi connectivity index (χ0) is 12.4. The molecule has 0 saturated heterocycles. The van der Waals surface area contributed by atoms with Crippen molar-refractivity contribution in [3.8, 4) is 5.75 Å². The minimum atomic E-state index is 0.345. The van der Waals surface area contributed by atoms with Gasteiger partial charge in [-0.25, -0.2) is 0 Å². The summed E-state index contributed by atoms with van der Waals surface area (Å²) in [6, 6.07) is 6.12. The van der Waals surface area contributed by atoms with Gasteiger partial charge in [0.2, 0.25) is 0 Å². The van der Waals surface area contributed by atoms with Crippen LogP contribution in [0.5, 0.6) is 5.75 Å². The normalized spacial score (nSPS) is 29.0. The van der Waals surface area contributed by atoms with E-state index in [0.29, 0.717) is 11.8 Å². The summed E-state index contributed by atoms with van der Waals surface area (Å²) in [5, 5.41) is 13.1. The number of anilines is 1. The average Bonchev–Trinajstić information content (AvgIpc) is 2.26. The van der Waals surface area contributed by atoms with Crippen LogP contribution in [0.4, 0.5) is 5.69 Å². The lowest BCUT2D eigenvalue weighted by Gasteiger charge is -2.36. The third-order valence-corrected chi connectivity index (χ3v) is 4.08. The second kappa shape index (κ2) is 4.99. The summed E-state index contributed by atoms with van der Waals surface area (Å²) in [5.41, 5.74) is 2.28. The predicted octanol–water partition coefficient (Wildman–Crippen LogP) is 3.94. The molecule has 0 aliphatic heterocycles. The van der Waals surface area contributed by atoms with Gasteiger partial charge < -0.3 is 10.4 Å². The molecule has 0 aromatic heterocycles. The van der Waals surface area contributed by atoms with Gasteiger partial charge in [-0.05, 0) is 55.4 Å². The van der Waals surface area contributed by atoms with Crippen molar-refractivity contribution in [2.45, 2.75) is 46.1 Å². The highest BCUT2D eigenvalue weighted by Crippen LogP contribution is 2.32. The van der Waals surface area contributed by atoms with Crippen molar-refractivity contribution in [2.24, 2.45) is 11.8 Å². The fourth-order valence-electron chi connectivity index (χ4n) is 2.96. The maximum absolute atomic E-state index is 9.42. The molecule has 17 heavy (non-hydrogen) atoms. The topological polar surface area (TPSA) is 32.3 Å². The van der Waals surface area contributed by atoms with Crippen LogP contribution in [0, 0.1) is 18.8 Å². The van der Waals surface area contributed by atoms with Gasteiger partial charge in [0.25, 0.3) is 0 Å². The number of hydrogen-bond donors (Lipinski definition) is 2. The first-order valence-corrected chi connectivity index (χ1v) is 6.64. The van der Waals surface area contributed by atoms with E-state index in [0.717, 1.165) is 23.1 Å². The van der Waals surface area contributed by atoms with Crippen molar-refractivity contribution in [1.82, 2.24) is 0 Å². The number of hydrogen-bond acceptors (Lipinski definition) is 2. The number of aryl methyl sites for hydroxylation is 1. The monoisotopic (exact) mass is 233 g/mol. The van der Waals surface area contributed by atoms with E-state index in [4.69, 9.17) is 0 Å². The number of rotatable bonds is 2. The number of nitrogens with one attached hydrogen (secondary N) is 1. The molecule has 2 nitrogen and oxygen atoms in total. The van der Waals surface area contributed by atoms with Crippen molar-refractivity contribution in [1.29, 1.82) is 0 Å². The summed E-state index contributed by atoms with van der Waals surface area (Å²) in [7, 11) is 0. The molecule has 1 aromatic rings. The molecule has 2 unspecified atom stereocenters. The lowest BCUT2D eigenvalue weighted by Crippen LogP contribution is -2.37. The van der Waals surface area contributed by atoms with Crippen LogP contribution in [0.15, 0.2) is 18.2 Å². The third kappa shape index (κ3) is 2.74. The Morgan fingerprint density at radius 1 is 1.18 bits per heavy atom. The van der Waals surface area contributed by atoms with E-state index >= 15 is 0 Å². The molecule has 0 bridgehead atoms. The van der Waals surface area contributed by atoms with Gasteiger partial charge in [-0.15, -0.1) is 0 Å². The van der Waals surface area contributed by atoms with Gasteiger partial charge in [0.15, 0.2) is 0 Å². The standard InChI is InChI=1S/C15H23NO/c1-10-5-4-6-11(2)15(10)16-14-8-7-13(17)9-12(14)3/h7-11,15-17H,4-6H2,1-3H3. The van der Waals surface area contributed by atoms with Gasteiger partial charge in [-0.3, -0.25) is 0 Å². The summed E-state index contributed by atoms with van der Waals surface area (Å²) in [6.45, 7) is 6.71. The van der Waals surface area contributed by atoms with Crippen LogP contribution in [-0.4, -0.2) is 11.1 Å². The number of phenols is 1. The molecular formula is C15H23NO. The van der Waals surface area contributed by atoms with Gasteiger partial charge in [0, 0.05) is 11.7 Å². The second-order valence-corrected chi connectivity index (χ2v) is 5.55. The zero-order valence-electron chi connectivity index (χ0n) is 11.0. The van der Waals surface area contributed by atoms with E-state index in [2.05, 4.69) is 19.2 Å². The SMILES string of the molecule is Cc1cc(O)ccc1NC1C(C)CCCC1C. The molecule has 0 amide bonds. The molecule has 0 spiro atoms. The largest absolute Gasteiger partial charge is 0.508 e. The lowest BCUT2D eigenvalue weighted by atomic mass is 9.78. The Morgan fingerprint density at radius 2 is 1.82 bits per heavy atom. The minimum absolute atomic E-state index is 0.345. The summed E-state index contributed by atoms with van der Waals surface area (Å²) in [6.07, 6.45) is 3.99. The first-order chi connectivity index (χ1) is 8.08. The average molecular weight is 233 g/mol. The Labute approximate surface area is 104 Å². The highest BCUT2D eigenvalue weighted by atomic mass is 16.3. The molecule has 0 heterocycles. The number of phenolic OH excluding ortho intramolecular Hbond substituents is 1. The smallest absolute Gasteiger partial charge is 0.115 e. The quantitative estimate of drug-likeness (QED) is 0.758. The van der Waals surface area contributed by atoms with Gasteiger partial charge in [0.05, 0.1) is 0 Å². The molecule has 1 saturated carbocycles. The number of benzene rings is 1. The number of aromatic hydroxyl groups is 1. The fourth-order valence-corrected chi connectivity index (χ4v) is 2.96. The van der Waals surface area contributed by atoms with Gasteiger partial charge in [-0.2, -0.15) is 0 Å². The highest BCUT2D eigenvalue weighted by Gasteiger charge is 2.27.